The molecule has 2 aromatic rings. The summed E-state index contributed by atoms with van der Waals surface area (Å²) in [6, 6.07) is 14.9. The second-order valence-corrected chi connectivity index (χ2v) is 5.88. The largest absolute Gasteiger partial charge is 0.455 e. The summed E-state index contributed by atoms with van der Waals surface area (Å²) in [7, 11) is 0. The minimum atomic E-state index is -0.389. The molecule has 0 saturated carbocycles. The molecule has 128 valence electrons. The van der Waals surface area contributed by atoms with Gasteiger partial charge in [-0.15, -0.1) is 0 Å². The molecular formula is C19H18FN3O2. The molecule has 0 radical (unpaired) electrons. The van der Waals surface area contributed by atoms with Gasteiger partial charge in [0.1, 0.15) is 11.6 Å². The molecule has 0 bridgehead atoms. The minimum Gasteiger partial charge on any atom is -0.455 e. The number of amides is 2. The van der Waals surface area contributed by atoms with Crippen molar-refractivity contribution >= 4 is 11.7 Å². The maximum atomic E-state index is 13.3. The Hall–Kier alpha value is -3.07. The Morgan fingerprint density at radius 2 is 1.96 bits per heavy atom. The van der Waals surface area contributed by atoms with Gasteiger partial charge < -0.3 is 15.0 Å². The van der Waals surface area contributed by atoms with E-state index in [0.717, 1.165) is 0 Å². The average molecular weight is 339 g/mol. The average Bonchev–Trinajstić information content (AvgIpc) is 2.63. The fraction of sp³-hybridized carbons (Fsp3) is 0.263. The van der Waals surface area contributed by atoms with Gasteiger partial charge in [-0.25, -0.2) is 9.18 Å². The number of hydrogen-bond acceptors (Lipinski definition) is 3. The lowest BCUT2D eigenvalue weighted by Crippen LogP contribution is -2.40. The monoisotopic (exact) mass is 339 g/mol. The molecule has 0 aliphatic carbocycles. The molecule has 5 nitrogen and oxygen atoms in total. The number of nitrogens with one attached hydrogen (secondary N) is 1. The van der Waals surface area contributed by atoms with Crippen molar-refractivity contribution in [2.24, 2.45) is 5.92 Å². The number of carbonyl (C=O) groups is 1. The van der Waals surface area contributed by atoms with E-state index in [4.69, 9.17) is 10.00 Å². The third-order valence-electron chi connectivity index (χ3n) is 4.12. The SMILES string of the molecule is N#CC1CCN(C(=O)Nc2ccccc2Oc2cccc(F)c2)CC1. The van der Waals surface area contributed by atoms with Gasteiger partial charge in [0.25, 0.3) is 0 Å². The summed E-state index contributed by atoms with van der Waals surface area (Å²) >= 11 is 0. The Balaban J connectivity index is 1.69. The summed E-state index contributed by atoms with van der Waals surface area (Å²) < 4.78 is 19.0. The van der Waals surface area contributed by atoms with Crippen LogP contribution in [0.15, 0.2) is 48.5 Å². The first-order valence-electron chi connectivity index (χ1n) is 8.13. The van der Waals surface area contributed by atoms with Gasteiger partial charge in [-0.2, -0.15) is 5.26 Å². The van der Waals surface area contributed by atoms with E-state index in [9.17, 15) is 9.18 Å². The van der Waals surface area contributed by atoms with Crippen LogP contribution in [0.2, 0.25) is 0 Å². The van der Waals surface area contributed by atoms with Crippen LogP contribution in [0.1, 0.15) is 12.8 Å². The van der Waals surface area contributed by atoms with Crippen LogP contribution < -0.4 is 10.1 Å². The first kappa shape index (κ1) is 16.8. The fourth-order valence-electron chi connectivity index (χ4n) is 2.72. The molecule has 1 saturated heterocycles. The van der Waals surface area contributed by atoms with E-state index < -0.39 is 0 Å². The highest BCUT2D eigenvalue weighted by Crippen LogP contribution is 2.30. The summed E-state index contributed by atoms with van der Waals surface area (Å²) in [6.07, 6.45) is 1.37. The molecule has 1 aliphatic heterocycles. The van der Waals surface area contributed by atoms with Gasteiger partial charge in [-0.05, 0) is 37.1 Å². The number of likely N-dealkylation sites (tertiary alicyclic amines) is 1. The molecule has 2 aromatic carbocycles. The summed E-state index contributed by atoms with van der Waals surface area (Å²) in [5.41, 5.74) is 0.513. The van der Waals surface area contributed by atoms with Gasteiger partial charge in [0.15, 0.2) is 5.75 Å². The van der Waals surface area contributed by atoms with Crippen molar-refractivity contribution in [1.29, 1.82) is 5.26 Å². The van der Waals surface area contributed by atoms with Crippen LogP contribution in [0.25, 0.3) is 0 Å². The van der Waals surface area contributed by atoms with Gasteiger partial charge in [-0.3, -0.25) is 0 Å². The number of para-hydroxylation sites is 2. The van der Waals surface area contributed by atoms with E-state index in [0.29, 0.717) is 43.1 Å². The van der Waals surface area contributed by atoms with Crippen LogP contribution in [0.3, 0.4) is 0 Å². The molecule has 2 amide bonds. The lowest BCUT2D eigenvalue weighted by Gasteiger charge is -2.29. The predicted molar refractivity (Wildman–Crippen MR) is 91.8 cm³/mol. The van der Waals surface area contributed by atoms with E-state index in [2.05, 4.69) is 11.4 Å². The third-order valence-corrected chi connectivity index (χ3v) is 4.12. The molecule has 3 rings (SSSR count). The fourth-order valence-corrected chi connectivity index (χ4v) is 2.72. The van der Waals surface area contributed by atoms with E-state index in [1.165, 1.54) is 12.1 Å². The summed E-state index contributed by atoms with van der Waals surface area (Å²) in [6.45, 7) is 1.11. The zero-order chi connectivity index (χ0) is 17.6. The van der Waals surface area contributed by atoms with E-state index >= 15 is 0 Å². The van der Waals surface area contributed by atoms with E-state index in [1.54, 1.807) is 41.3 Å². The van der Waals surface area contributed by atoms with Gasteiger partial charge in [0.2, 0.25) is 0 Å². The number of anilines is 1. The molecule has 0 spiro atoms. The molecular weight excluding hydrogens is 321 g/mol. The zero-order valence-electron chi connectivity index (χ0n) is 13.6. The summed E-state index contributed by atoms with van der Waals surface area (Å²) in [4.78, 5) is 14.1. The number of hydrogen-bond donors (Lipinski definition) is 1. The van der Waals surface area contributed by atoms with Crippen molar-refractivity contribution in [3.05, 3.63) is 54.3 Å². The maximum absolute atomic E-state index is 13.3. The Morgan fingerprint density at radius 3 is 2.68 bits per heavy atom. The molecule has 25 heavy (non-hydrogen) atoms. The molecule has 0 atom stereocenters. The molecule has 1 fully saturated rings. The molecule has 0 unspecified atom stereocenters. The molecule has 0 aromatic heterocycles. The summed E-state index contributed by atoms with van der Waals surface area (Å²) in [5.74, 6) is 0.428. The van der Waals surface area contributed by atoms with Crippen molar-refractivity contribution < 1.29 is 13.9 Å². The summed E-state index contributed by atoms with van der Waals surface area (Å²) in [5, 5.41) is 11.8. The zero-order valence-corrected chi connectivity index (χ0v) is 13.6. The van der Waals surface area contributed by atoms with Crippen LogP contribution in [0, 0.1) is 23.1 Å². The second-order valence-electron chi connectivity index (χ2n) is 5.88. The standard InChI is InChI=1S/C19H18FN3O2/c20-15-4-3-5-16(12-15)25-18-7-2-1-6-17(18)22-19(24)23-10-8-14(13-21)9-11-23/h1-7,12,14H,8-11H2,(H,22,24). The van der Waals surface area contributed by atoms with Crippen LogP contribution in [-0.2, 0) is 0 Å². The number of halogens is 1. The maximum Gasteiger partial charge on any atom is 0.321 e. The van der Waals surface area contributed by atoms with Gasteiger partial charge in [-0.1, -0.05) is 18.2 Å². The van der Waals surface area contributed by atoms with Gasteiger partial charge >= 0.3 is 6.03 Å². The Morgan fingerprint density at radius 1 is 1.20 bits per heavy atom. The highest BCUT2D eigenvalue weighted by Gasteiger charge is 2.23. The number of nitrogens with zero attached hydrogens (tertiary/aromatic N) is 2. The second kappa shape index (κ2) is 7.67. The Kier molecular flexibility index (Phi) is 5.14. The molecule has 1 N–H and O–H groups in total. The van der Waals surface area contributed by atoms with Crippen molar-refractivity contribution in [1.82, 2.24) is 4.90 Å². The lowest BCUT2D eigenvalue weighted by atomic mass is 9.99. The van der Waals surface area contributed by atoms with Crippen LogP contribution in [0.4, 0.5) is 14.9 Å². The van der Waals surface area contributed by atoms with E-state index in [1.807, 2.05) is 0 Å². The number of urea groups is 1. The topological polar surface area (TPSA) is 65.4 Å². The van der Waals surface area contributed by atoms with Gasteiger partial charge in [0, 0.05) is 25.1 Å². The highest BCUT2D eigenvalue weighted by molar-refractivity contribution is 5.91. The number of benzene rings is 2. The highest BCUT2D eigenvalue weighted by atomic mass is 19.1. The number of piperidine rings is 1. The molecule has 1 heterocycles. The van der Waals surface area contributed by atoms with Crippen LogP contribution in [0.5, 0.6) is 11.5 Å². The van der Waals surface area contributed by atoms with Crippen molar-refractivity contribution in [3.63, 3.8) is 0 Å². The normalized spacial score (nSPS) is 14.6. The Labute approximate surface area is 145 Å². The molecule has 1 aliphatic rings. The quantitative estimate of drug-likeness (QED) is 0.902. The number of nitriles is 1. The molecule has 6 heteroatoms. The van der Waals surface area contributed by atoms with Crippen molar-refractivity contribution in [2.75, 3.05) is 18.4 Å². The van der Waals surface area contributed by atoms with Gasteiger partial charge in [0.05, 0.1) is 11.8 Å². The number of ether oxygens (including phenoxy) is 1. The van der Waals surface area contributed by atoms with Crippen LogP contribution in [-0.4, -0.2) is 24.0 Å². The lowest BCUT2D eigenvalue weighted by molar-refractivity contribution is 0.192. The van der Waals surface area contributed by atoms with E-state index in [-0.39, 0.29) is 17.8 Å². The number of rotatable bonds is 3. The smallest absolute Gasteiger partial charge is 0.321 e. The predicted octanol–water partition coefficient (Wildman–Crippen LogP) is 4.39. The first-order chi connectivity index (χ1) is 12.2. The van der Waals surface area contributed by atoms with Crippen molar-refractivity contribution in [3.8, 4) is 17.6 Å². The number of carbonyl (C=O) groups excluding carboxylic acids is 1. The first-order valence-corrected chi connectivity index (χ1v) is 8.13. The van der Waals surface area contributed by atoms with Crippen LogP contribution >= 0.6 is 0 Å². The minimum absolute atomic E-state index is 0.0210. The Bertz CT molecular complexity index is 795. The third kappa shape index (κ3) is 4.27. The van der Waals surface area contributed by atoms with Crippen molar-refractivity contribution in [2.45, 2.75) is 12.8 Å².